The van der Waals surface area contributed by atoms with Gasteiger partial charge in [0, 0.05) is 12.8 Å². The summed E-state index contributed by atoms with van der Waals surface area (Å²) in [6.45, 7) is 3.35. The molecule has 5 heteroatoms. The van der Waals surface area contributed by atoms with Gasteiger partial charge in [0.1, 0.15) is 4.60 Å². The van der Waals surface area contributed by atoms with Gasteiger partial charge in [-0.05, 0) is 47.8 Å². The number of ether oxygens (including phenoxy) is 1. The fourth-order valence-electron chi connectivity index (χ4n) is 1.93. The van der Waals surface area contributed by atoms with Crippen LogP contribution < -0.4 is 5.32 Å². The zero-order valence-corrected chi connectivity index (χ0v) is 11.3. The molecule has 1 aromatic rings. The monoisotopic (exact) mass is 298 g/mol. The zero-order valence-electron chi connectivity index (χ0n) is 9.70. The molecular weight excluding hydrogens is 284 g/mol. The van der Waals surface area contributed by atoms with Crippen LogP contribution >= 0.6 is 15.9 Å². The van der Waals surface area contributed by atoms with Gasteiger partial charge < -0.3 is 10.1 Å². The molecule has 0 aliphatic carbocycles. The lowest BCUT2D eigenvalue weighted by atomic mass is 9.94. The Morgan fingerprint density at radius 3 is 3.12 bits per heavy atom. The van der Waals surface area contributed by atoms with Crippen LogP contribution in [0.3, 0.4) is 0 Å². The number of hydrogen-bond acceptors (Lipinski definition) is 3. The lowest BCUT2D eigenvalue weighted by Crippen LogP contribution is -2.51. The van der Waals surface area contributed by atoms with Crippen molar-refractivity contribution in [2.75, 3.05) is 13.2 Å². The second-order valence-corrected chi connectivity index (χ2v) is 5.26. The summed E-state index contributed by atoms with van der Waals surface area (Å²) in [6.07, 6.45) is 3.56. The fraction of sp³-hybridized carbons (Fsp3) is 0.500. The standard InChI is InChI=1S/C12H15BrN2O2/c1-12(5-3-7-17-8-12)15-11(16)9-4-2-6-14-10(9)13/h2,4,6H,3,5,7-8H2,1H3,(H,15,16). The largest absolute Gasteiger partial charge is 0.379 e. The number of carbonyl (C=O) groups is 1. The SMILES string of the molecule is CC1(NC(=O)c2cccnc2Br)CCCOC1. The summed E-state index contributed by atoms with van der Waals surface area (Å²) < 4.78 is 5.98. The topological polar surface area (TPSA) is 51.2 Å². The van der Waals surface area contributed by atoms with E-state index in [2.05, 4.69) is 26.2 Å². The van der Waals surface area contributed by atoms with Crippen LogP contribution in [0.25, 0.3) is 0 Å². The minimum Gasteiger partial charge on any atom is -0.379 e. The smallest absolute Gasteiger partial charge is 0.254 e. The van der Waals surface area contributed by atoms with Gasteiger partial charge in [-0.15, -0.1) is 0 Å². The summed E-state index contributed by atoms with van der Waals surface area (Å²) in [6, 6.07) is 3.50. The van der Waals surface area contributed by atoms with E-state index in [1.165, 1.54) is 0 Å². The Bertz CT molecular complexity index is 417. The summed E-state index contributed by atoms with van der Waals surface area (Å²) in [5.74, 6) is -0.113. The minimum atomic E-state index is -0.273. The Hall–Kier alpha value is -0.940. The molecule has 1 saturated heterocycles. The number of aromatic nitrogens is 1. The number of carbonyl (C=O) groups excluding carboxylic acids is 1. The van der Waals surface area contributed by atoms with Crippen molar-refractivity contribution in [1.29, 1.82) is 0 Å². The van der Waals surface area contributed by atoms with Gasteiger partial charge >= 0.3 is 0 Å². The summed E-state index contributed by atoms with van der Waals surface area (Å²) in [4.78, 5) is 16.1. The third kappa shape index (κ3) is 3.04. The first kappa shape index (κ1) is 12.5. The Balaban J connectivity index is 2.09. The lowest BCUT2D eigenvalue weighted by molar-refractivity contribution is 0.0272. The molecule has 1 N–H and O–H groups in total. The number of nitrogens with one attached hydrogen (secondary N) is 1. The van der Waals surface area contributed by atoms with Crippen molar-refractivity contribution < 1.29 is 9.53 Å². The van der Waals surface area contributed by atoms with E-state index in [0.29, 0.717) is 16.8 Å². The quantitative estimate of drug-likeness (QED) is 0.851. The third-order valence-corrected chi connectivity index (χ3v) is 3.49. The number of nitrogens with zero attached hydrogens (tertiary/aromatic N) is 1. The molecule has 2 rings (SSSR count). The number of rotatable bonds is 2. The lowest BCUT2D eigenvalue weighted by Gasteiger charge is -2.34. The van der Waals surface area contributed by atoms with Crippen LogP contribution in [0.15, 0.2) is 22.9 Å². The summed E-state index contributed by atoms with van der Waals surface area (Å²) >= 11 is 3.28. The Morgan fingerprint density at radius 2 is 2.47 bits per heavy atom. The van der Waals surface area contributed by atoms with Crippen molar-refractivity contribution >= 4 is 21.8 Å². The number of halogens is 1. The molecule has 1 atom stereocenters. The van der Waals surface area contributed by atoms with Gasteiger partial charge in [0.15, 0.2) is 0 Å². The van der Waals surface area contributed by atoms with Gasteiger partial charge in [-0.2, -0.15) is 0 Å². The first-order chi connectivity index (χ1) is 8.11. The maximum atomic E-state index is 12.1. The molecule has 92 valence electrons. The van der Waals surface area contributed by atoms with Crippen molar-refractivity contribution in [3.8, 4) is 0 Å². The molecular formula is C12H15BrN2O2. The number of amides is 1. The molecule has 1 aromatic heterocycles. The highest BCUT2D eigenvalue weighted by Crippen LogP contribution is 2.20. The molecule has 1 aliphatic rings. The minimum absolute atomic E-state index is 0.113. The molecule has 1 amide bonds. The Kier molecular flexibility index (Phi) is 3.79. The third-order valence-electron chi connectivity index (χ3n) is 2.86. The van der Waals surface area contributed by atoms with Crippen LogP contribution in [0.5, 0.6) is 0 Å². The molecule has 1 unspecified atom stereocenters. The molecule has 2 heterocycles. The Morgan fingerprint density at radius 1 is 1.65 bits per heavy atom. The van der Waals surface area contributed by atoms with Crippen LogP contribution in [-0.2, 0) is 4.74 Å². The van der Waals surface area contributed by atoms with E-state index < -0.39 is 0 Å². The van der Waals surface area contributed by atoms with Gasteiger partial charge in [-0.25, -0.2) is 4.98 Å². The normalized spacial score (nSPS) is 24.4. The van der Waals surface area contributed by atoms with Gasteiger partial charge in [-0.3, -0.25) is 4.79 Å². The van der Waals surface area contributed by atoms with Crippen molar-refractivity contribution in [3.05, 3.63) is 28.5 Å². The molecule has 0 radical (unpaired) electrons. The van der Waals surface area contributed by atoms with E-state index in [4.69, 9.17) is 4.74 Å². The maximum Gasteiger partial charge on any atom is 0.254 e. The summed E-state index contributed by atoms with van der Waals surface area (Å²) in [7, 11) is 0. The Labute approximate surface area is 109 Å². The second-order valence-electron chi connectivity index (χ2n) is 4.51. The van der Waals surface area contributed by atoms with E-state index in [1.807, 2.05) is 6.92 Å². The van der Waals surface area contributed by atoms with E-state index in [0.717, 1.165) is 19.4 Å². The average Bonchev–Trinajstić information content (AvgIpc) is 2.29. The highest BCUT2D eigenvalue weighted by Gasteiger charge is 2.30. The first-order valence-electron chi connectivity index (χ1n) is 5.61. The van der Waals surface area contributed by atoms with E-state index >= 15 is 0 Å². The first-order valence-corrected chi connectivity index (χ1v) is 6.41. The van der Waals surface area contributed by atoms with Crippen LogP contribution in [0, 0.1) is 0 Å². The average molecular weight is 299 g/mol. The zero-order chi connectivity index (χ0) is 12.3. The van der Waals surface area contributed by atoms with Crippen LogP contribution in [0.1, 0.15) is 30.1 Å². The number of hydrogen-bond donors (Lipinski definition) is 1. The molecule has 0 aromatic carbocycles. The van der Waals surface area contributed by atoms with Crippen molar-refractivity contribution in [2.24, 2.45) is 0 Å². The molecule has 0 bridgehead atoms. The highest BCUT2D eigenvalue weighted by atomic mass is 79.9. The van der Waals surface area contributed by atoms with Crippen LogP contribution in [0.2, 0.25) is 0 Å². The second kappa shape index (κ2) is 5.14. The van der Waals surface area contributed by atoms with Crippen molar-refractivity contribution in [3.63, 3.8) is 0 Å². The molecule has 17 heavy (non-hydrogen) atoms. The van der Waals surface area contributed by atoms with Crippen molar-refractivity contribution in [2.45, 2.75) is 25.3 Å². The van der Waals surface area contributed by atoms with Crippen LogP contribution in [-0.4, -0.2) is 29.6 Å². The maximum absolute atomic E-state index is 12.1. The molecule has 4 nitrogen and oxygen atoms in total. The fourth-order valence-corrected chi connectivity index (χ4v) is 2.36. The number of pyridine rings is 1. The van der Waals surface area contributed by atoms with Crippen molar-refractivity contribution in [1.82, 2.24) is 10.3 Å². The predicted molar refractivity (Wildman–Crippen MR) is 67.9 cm³/mol. The van der Waals surface area contributed by atoms with Crippen LogP contribution in [0.4, 0.5) is 0 Å². The summed E-state index contributed by atoms with van der Waals surface area (Å²) in [5, 5.41) is 3.02. The van der Waals surface area contributed by atoms with Gasteiger partial charge in [0.25, 0.3) is 5.91 Å². The highest BCUT2D eigenvalue weighted by molar-refractivity contribution is 9.10. The molecule has 1 aliphatic heterocycles. The van der Waals surface area contributed by atoms with Gasteiger partial charge in [-0.1, -0.05) is 0 Å². The van der Waals surface area contributed by atoms with E-state index in [-0.39, 0.29) is 11.4 Å². The van der Waals surface area contributed by atoms with E-state index in [1.54, 1.807) is 18.3 Å². The summed E-state index contributed by atoms with van der Waals surface area (Å²) in [5.41, 5.74) is 0.282. The molecule has 1 fully saturated rings. The van der Waals surface area contributed by atoms with Gasteiger partial charge in [0.05, 0.1) is 17.7 Å². The predicted octanol–water partition coefficient (Wildman–Crippen LogP) is 2.14. The van der Waals surface area contributed by atoms with E-state index in [9.17, 15) is 4.79 Å². The van der Waals surface area contributed by atoms with Gasteiger partial charge in [0.2, 0.25) is 0 Å². The molecule has 0 spiro atoms. The molecule has 0 saturated carbocycles.